The van der Waals surface area contributed by atoms with Crippen molar-refractivity contribution >= 4 is 15.9 Å². The lowest BCUT2D eigenvalue weighted by atomic mass is 9.75. The lowest BCUT2D eigenvalue weighted by Crippen LogP contribution is -2.43. The highest BCUT2D eigenvalue weighted by Crippen LogP contribution is 2.51. The van der Waals surface area contributed by atoms with Crippen molar-refractivity contribution in [2.45, 2.75) is 37.6 Å². The van der Waals surface area contributed by atoms with E-state index in [2.05, 4.69) is 35.8 Å². The number of halogens is 1. The summed E-state index contributed by atoms with van der Waals surface area (Å²) in [4.78, 5) is 0. The van der Waals surface area contributed by atoms with Gasteiger partial charge in [0.05, 0.1) is 7.11 Å². The summed E-state index contributed by atoms with van der Waals surface area (Å²) in [5.74, 6) is 0.913. The fraction of sp³-hybridized carbons (Fsp3) is 0.538. The Balaban J connectivity index is 2.47. The minimum absolute atomic E-state index is 0.0426. The summed E-state index contributed by atoms with van der Waals surface area (Å²) in [5.41, 5.74) is 7.44. The molecule has 1 fully saturated rings. The zero-order chi connectivity index (χ0) is 12.0. The van der Waals surface area contributed by atoms with Crippen molar-refractivity contribution in [2.75, 3.05) is 7.11 Å². The summed E-state index contributed by atoms with van der Waals surface area (Å²) in [6, 6.07) is 6.16. The number of methoxy groups -OCH3 is 1. The molecule has 16 heavy (non-hydrogen) atoms. The van der Waals surface area contributed by atoms with Crippen LogP contribution in [0.25, 0.3) is 0 Å². The van der Waals surface area contributed by atoms with Gasteiger partial charge in [0.1, 0.15) is 5.75 Å². The van der Waals surface area contributed by atoms with Crippen LogP contribution in [0.15, 0.2) is 22.7 Å². The molecule has 0 spiro atoms. The summed E-state index contributed by atoms with van der Waals surface area (Å²) in [5, 5.41) is 0. The van der Waals surface area contributed by atoms with Crippen LogP contribution in [0, 0.1) is 0 Å². The Bertz CT molecular complexity index is 410. The molecule has 0 bridgehead atoms. The molecule has 0 aromatic heterocycles. The molecule has 1 aliphatic carbocycles. The first-order valence-corrected chi connectivity index (χ1v) is 6.33. The van der Waals surface area contributed by atoms with Crippen LogP contribution in [0.2, 0.25) is 0 Å². The van der Waals surface area contributed by atoms with Gasteiger partial charge in [0.15, 0.2) is 0 Å². The topological polar surface area (TPSA) is 35.2 Å². The number of hydrogen-bond donors (Lipinski definition) is 1. The van der Waals surface area contributed by atoms with Crippen molar-refractivity contribution < 1.29 is 4.74 Å². The fourth-order valence-corrected chi connectivity index (χ4v) is 2.55. The normalized spacial score (nSPS) is 18.3. The van der Waals surface area contributed by atoms with E-state index in [9.17, 15) is 0 Å². The van der Waals surface area contributed by atoms with E-state index in [1.165, 1.54) is 5.56 Å². The van der Waals surface area contributed by atoms with E-state index in [1.54, 1.807) is 7.11 Å². The van der Waals surface area contributed by atoms with Crippen LogP contribution < -0.4 is 10.5 Å². The van der Waals surface area contributed by atoms with Crippen LogP contribution in [0.3, 0.4) is 0 Å². The maximum absolute atomic E-state index is 6.35. The summed E-state index contributed by atoms with van der Waals surface area (Å²) in [7, 11) is 1.71. The van der Waals surface area contributed by atoms with Crippen LogP contribution in [0.5, 0.6) is 5.75 Å². The molecule has 2 N–H and O–H groups in total. The minimum atomic E-state index is -0.0614. The number of rotatable bonds is 3. The third-order valence-corrected chi connectivity index (χ3v) is 4.36. The Morgan fingerprint density at radius 1 is 1.38 bits per heavy atom. The van der Waals surface area contributed by atoms with Gasteiger partial charge < -0.3 is 10.5 Å². The number of ether oxygens (including phenoxy) is 1. The third kappa shape index (κ3) is 1.76. The molecule has 1 aromatic carbocycles. The van der Waals surface area contributed by atoms with E-state index in [-0.39, 0.29) is 11.0 Å². The molecule has 0 aliphatic heterocycles. The lowest BCUT2D eigenvalue weighted by molar-refractivity contribution is 0.353. The largest absolute Gasteiger partial charge is 0.496 e. The van der Waals surface area contributed by atoms with Gasteiger partial charge in [-0.3, -0.25) is 0 Å². The van der Waals surface area contributed by atoms with Crippen LogP contribution in [0.1, 0.15) is 32.3 Å². The molecule has 3 heteroatoms. The average molecular weight is 284 g/mol. The maximum atomic E-state index is 6.35. The number of hydrogen-bond acceptors (Lipinski definition) is 2. The summed E-state index contributed by atoms with van der Waals surface area (Å²) < 4.78 is 6.48. The van der Waals surface area contributed by atoms with E-state index in [1.807, 2.05) is 12.1 Å². The van der Waals surface area contributed by atoms with E-state index >= 15 is 0 Å². The van der Waals surface area contributed by atoms with Gasteiger partial charge in [-0.1, -0.05) is 35.8 Å². The zero-order valence-corrected chi connectivity index (χ0v) is 11.6. The smallest absolute Gasteiger partial charge is 0.123 e. The highest BCUT2D eigenvalue weighted by Gasteiger charge is 2.52. The van der Waals surface area contributed by atoms with Gasteiger partial charge >= 0.3 is 0 Å². The van der Waals surface area contributed by atoms with Gasteiger partial charge in [-0.2, -0.15) is 0 Å². The van der Waals surface area contributed by atoms with Gasteiger partial charge in [-0.15, -0.1) is 0 Å². The van der Waals surface area contributed by atoms with Gasteiger partial charge in [-0.05, 0) is 25.0 Å². The van der Waals surface area contributed by atoms with Crippen LogP contribution in [-0.2, 0) is 5.41 Å². The van der Waals surface area contributed by atoms with E-state index < -0.39 is 0 Å². The van der Waals surface area contributed by atoms with Gasteiger partial charge in [0.25, 0.3) is 0 Å². The zero-order valence-electron chi connectivity index (χ0n) is 10.0. The molecule has 0 saturated heterocycles. The molecular weight excluding hydrogens is 266 g/mol. The second-order valence-electron chi connectivity index (χ2n) is 5.13. The van der Waals surface area contributed by atoms with Gasteiger partial charge in [0, 0.05) is 21.0 Å². The van der Waals surface area contributed by atoms with E-state index in [4.69, 9.17) is 10.5 Å². The van der Waals surface area contributed by atoms with Crippen LogP contribution >= 0.6 is 15.9 Å². The third-order valence-electron chi connectivity index (χ3n) is 3.87. The molecular formula is C13H18BrNO. The molecule has 0 heterocycles. The predicted molar refractivity (Wildman–Crippen MR) is 69.9 cm³/mol. The Hall–Kier alpha value is -0.540. The van der Waals surface area contributed by atoms with Crippen molar-refractivity contribution in [3.05, 3.63) is 28.2 Å². The maximum Gasteiger partial charge on any atom is 0.123 e. The van der Waals surface area contributed by atoms with Crippen molar-refractivity contribution in [1.82, 2.24) is 0 Å². The quantitative estimate of drug-likeness (QED) is 0.925. The first kappa shape index (κ1) is 11.9. The first-order chi connectivity index (χ1) is 7.40. The van der Waals surface area contributed by atoms with Crippen LogP contribution in [0.4, 0.5) is 0 Å². The molecule has 2 rings (SSSR count). The Morgan fingerprint density at radius 3 is 2.50 bits per heavy atom. The molecule has 0 amide bonds. The Kier molecular flexibility index (Phi) is 2.79. The molecule has 1 aromatic rings. The molecule has 0 radical (unpaired) electrons. The summed E-state index contributed by atoms with van der Waals surface area (Å²) in [6.45, 7) is 4.40. The highest BCUT2D eigenvalue weighted by molar-refractivity contribution is 9.10. The van der Waals surface area contributed by atoms with E-state index in [0.29, 0.717) is 0 Å². The fourth-order valence-electron chi connectivity index (χ4n) is 2.21. The first-order valence-electron chi connectivity index (χ1n) is 5.54. The van der Waals surface area contributed by atoms with Crippen molar-refractivity contribution in [2.24, 2.45) is 5.73 Å². The van der Waals surface area contributed by atoms with E-state index in [0.717, 1.165) is 23.1 Å². The van der Waals surface area contributed by atoms with Crippen molar-refractivity contribution in [3.8, 4) is 5.75 Å². The Labute approximate surface area is 105 Å². The van der Waals surface area contributed by atoms with Gasteiger partial charge in [0.2, 0.25) is 0 Å². The summed E-state index contributed by atoms with van der Waals surface area (Å²) in [6.07, 6.45) is 2.19. The van der Waals surface area contributed by atoms with Gasteiger partial charge in [-0.25, -0.2) is 0 Å². The molecule has 0 atom stereocenters. The number of benzene rings is 1. The second kappa shape index (κ2) is 3.74. The predicted octanol–water partition coefficient (Wildman–Crippen LogP) is 3.23. The number of nitrogens with two attached hydrogens (primary N) is 1. The minimum Gasteiger partial charge on any atom is -0.496 e. The molecule has 0 unspecified atom stereocenters. The second-order valence-corrected chi connectivity index (χ2v) is 6.04. The summed E-state index contributed by atoms with van der Waals surface area (Å²) >= 11 is 3.46. The Morgan fingerprint density at radius 2 is 2.00 bits per heavy atom. The monoisotopic (exact) mass is 283 g/mol. The standard InChI is InChI=1S/C13H18BrNO/c1-12(2,13(15)6-7-13)10-5-4-9(14)8-11(10)16-3/h4-5,8H,6-7,15H2,1-3H3. The molecule has 1 aliphatic rings. The van der Waals surface area contributed by atoms with Crippen molar-refractivity contribution in [1.29, 1.82) is 0 Å². The highest BCUT2D eigenvalue weighted by atomic mass is 79.9. The SMILES string of the molecule is COc1cc(Br)ccc1C(C)(C)C1(N)CC1. The van der Waals surface area contributed by atoms with Crippen molar-refractivity contribution in [3.63, 3.8) is 0 Å². The molecule has 1 saturated carbocycles. The molecule has 2 nitrogen and oxygen atoms in total. The molecule has 88 valence electrons. The average Bonchev–Trinajstić information content (AvgIpc) is 2.97. The lowest BCUT2D eigenvalue weighted by Gasteiger charge is -2.33. The van der Waals surface area contributed by atoms with Crippen LogP contribution in [-0.4, -0.2) is 12.6 Å².